The summed E-state index contributed by atoms with van der Waals surface area (Å²) in [6.07, 6.45) is 46.1. The van der Waals surface area contributed by atoms with Crippen LogP contribution in [0.5, 0.6) is 0 Å². The summed E-state index contributed by atoms with van der Waals surface area (Å²) >= 11 is 0. The van der Waals surface area contributed by atoms with Crippen molar-refractivity contribution in [3.63, 3.8) is 0 Å². The second-order valence-corrected chi connectivity index (χ2v) is 18.6. The van der Waals surface area contributed by atoms with Crippen LogP contribution < -0.4 is 0 Å². The Balaban J connectivity index is 2.40. The number of rotatable bonds is 41. The summed E-state index contributed by atoms with van der Waals surface area (Å²) < 4.78 is 54.2. The number of carbonyl (C=O) groups is 2. The van der Waals surface area contributed by atoms with Crippen LogP contribution in [0.1, 0.15) is 181 Å². The van der Waals surface area contributed by atoms with Crippen molar-refractivity contribution in [1.82, 2.24) is 0 Å². The van der Waals surface area contributed by atoms with Crippen molar-refractivity contribution >= 4 is 22.1 Å². The van der Waals surface area contributed by atoms with E-state index in [1.165, 1.54) is 25.7 Å². The van der Waals surface area contributed by atoms with Gasteiger partial charge in [0.05, 0.1) is 6.61 Å². The molecule has 0 radical (unpaired) electrons. The molecule has 378 valence electrons. The maximum atomic E-state index is 12.9. The van der Waals surface area contributed by atoms with Crippen LogP contribution in [-0.2, 0) is 38.7 Å². The first-order valence-corrected chi connectivity index (χ1v) is 26.8. The Labute approximate surface area is 399 Å². The van der Waals surface area contributed by atoms with Crippen molar-refractivity contribution in [3.8, 4) is 0 Å². The van der Waals surface area contributed by atoms with E-state index in [9.17, 15) is 37.9 Å². The number of carbonyl (C=O) groups excluding carboxylic acids is 2. The SMILES string of the molecule is CC/C=C\C/C=C\C/C=C\C/C=C\CCCCCCCCCCC(=O)OC(COC(=O)CCCCCCCCC/C=C\C/C=C\C/C=C\CC)COC1OC(CS(=O)(=O)O)C(O)C(O)C1O. The highest BCUT2D eigenvalue weighted by atomic mass is 32.2. The monoisotopic (exact) mass is 949 g/mol. The first-order valence-electron chi connectivity index (χ1n) is 25.1. The summed E-state index contributed by atoms with van der Waals surface area (Å²) in [7, 11) is -4.61. The lowest BCUT2D eigenvalue weighted by atomic mass is 10.00. The molecule has 1 saturated heterocycles. The van der Waals surface area contributed by atoms with Gasteiger partial charge in [0, 0.05) is 12.8 Å². The molecule has 66 heavy (non-hydrogen) atoms. The van der Waals surface area contributed by atoms with Gasteiger partial charge in [0.25, 0.3) is 10.1 Å². The van der Waals surface area contributed by atoms with Gasteiger partial charge in [0.2, 0.25) is 0 Å². The van der Waals surface area contributed by atoms with Crippen molar-refractivity contribution < 1.29 is 56.8 Å². The van der Waals surface area contributed by atoms with Crippen LogP contribution >= 0.6 is 0 Å². The Morgan fingerprint density at radius 1 is 0.515 bits per heavy atom. The quantitative estimate of drug-likeness (QED) is 0.0197. The summed E-state index contributed by atoms with van der Waals surface area (Å²) in [6.45, 7) is 3.53. The summed E-state index contributed by atoms with van der Waals surface area (Å²) in [5.74, 6) is -2.01. The van der Waals surface area contributed by atoms with E-state index in [4.69, 9.17) is 18.9 Å². The van der Waals surface area contributed by atoms with Crippen LogP contribution in [0.4, 0.5) is 0 Å². The predicted molar refractivity (Wildman–Crippen MR) is 265 cm³/mol. The molecule has 0 spiro atoms. The Morgan fingerprint density at radius 2 is 0.909 bits per heavy atom. The van der Waals surface area contributed by atoms with Crippen molar-refractivity contribution in [1.29, 1.82) is 0 Å². The van der Waals surface area contributed by atoms with Gasteiger partial charge < -0.3 is 34.3 Å². The van der Waals surface area contributed by atoms with E-state index < -0.39 is 71.2 Å². The third kappa shape index (κ3) is 35.9. The van der Waals surface area contributed by atoms with Crippen LogP contribution in [0.3, 0.4) is 0 Å². The highest BCUT2D eigenvalue weighted by molar-refractivity contribution is 7.85. The summed E-state index contributed by atoms with van der Waals surface area (Å²) in [6, 6.07) is 0. The third-order valence-electron chi connectivity index (χ3n) is 11.0. The maximum absolute atomic E-state index is 12.9. The minimum Gasteiger partial charge on any atom is -0.462 e. The fourth-order valence-electron chi connectivity index (χ4n) is 7.15. The van der Waals surface area contributed by atoms with Gasteiger partial charge in [-0.15, -0.1) is 0 Å². The average molecular weight is 949 g/mol. The number of aliphatic hydroxyl groups excluding tert-OH is 3. The second kappa shape index (κ2) is 42.0. The van der Waals surface area contributed by atoms with E-state index in [1.54, 1.807) is 0 Å². The van der Waals surface area contributed by atoms with Crippen LogP contribution in [0.25, 0.3) is 0 Å². The zero-order valence-corrected chi connectivity index (χ0v) is 41.3. The lowest BCUT2D eigenvalue weighted by molar-refractivity contribution is -0.297. The van der Waals surface area contributed by atoms with Gasteiger partial charge in [-0.05, 0) is 83.5 Å². The molecule has 12 nitrogen and oxygen atoms in total. The molecule has 0 saturated carbocycles. The molecule has 0 aromatic carbocycles. The van der Waals surface area contributed by atoms with E-state index in [1.807, 2.05) is 0 Å². The van der Waals surface area contributed by atoms with Gasteiger partial charge in [-0.25, -0.2) is 0 Å². The Morgan fingerprint density at radius 3 is 1.35 bits per heavy atom. The van der Waals surface area contributed by atoms with Crippen molar-refractivity contribution in [3.05, 3.63) is 85.1 Å². The standard InChI is InChI=1S/C53H88O12S/c1-3-5-7-9-11-13-15-17-19-21-22-23-24-26-28-30-32-34-36-38-40-42-49(55)64-46(44-63-53-52(58)51(57)50(56)47(65-53)45-66(59,60)61)43-62-48(54)41-39-37-35-33-31-29-27-25-20-18-16-14-12-10-8-6-4-2/h5-8,11-14,17-20,22-23,46-47,50-53,56-58H,3-4,9-10,15-16,21,24-45H2,1-2H3,(H,59,60,61)/b7-5-,8-6-,13-11-,14-12-,19-17-,20-18-,23-22-. The number of aliphatic hydroxyl groups is 3. The molecule has 4 N–H and O–H groups in total. The first kappa shape index (κ1) is 60.8. The fourth-order valence-corrected chi connectivity index (χ4v) is 7.84. The first-order chi connectivity index (χ1) is 32.0. The number of allylic oxidation sites excluding steroid dienone is 14. The van der Waals surface area contributed by atoms with E-state index in [-0.39, 0.29) is 19.4 Å². The summed E-state index contributed by atoms with van der Waals surface area (Å²) in [4.78, 5) is 25.5. The molecule has 0 aromatic heterocycles. The fraction of sp³-hybridized carbons (Fsp3) is 0.698. The Bertz CT molecular complexity index is 1530. The van der Waals surface area contributed by atoms with Gasteiger partial charge in [0.15, 0.2) is 12.4 Å². The van der Waals surface area contributed by atoms with Gasteiger partial charge in [0.1, 0.15) is 36.8 Å². The van der Waals surface area contributed by atoms with Crippen LogP contribution in [0, 0.1) is 0 Å². The van der Waals surface area contributed by atoms with E-state index in [0.29, 0.717) is 12.8 Å². The Kier molecular flexibility index (Phi) is 38.7. The topological polar surface area (TPSA) is 186 Å². The molecular formula is C53H88O12S. The minimum absolute atomic E-state index is 0.148. The van der Waals surface area contributed by atoms with E-state index >= 15 is 0 Å². The highest BCUT2D eigenvalue weighted by Crippen LogP contribution is 2.24. The molecule has 6 atom stereocenters. The van der Waals surface area contributed by atoms with Crippen molar-refractivity contribution in [2.24, 2.45) is 0 Å². The van der Waals surface area contributed by atoms with Gasteiger partial charge in [-0.3, -0.25) is 14.1 Å². The molecule has 0 aromatic rings. The van der Waals surface area contributed by atoms with Crippen LogP contribution in [-0.4, -0.2) is 96.0 Å². The molecule has 1 aliphatic heterocycles. The summed E-state index contributed by atoms with van der Waals surface area (Å²) in [5, 5.41) is 31.0. The zero-order chi connectivity index (χ0) is 48.4. The number of unbranched alkanes of at least 4 members (excludes halogenated alkanes) is 15. The van der Waals surface area contributed by atoms with Gasteiger partial charge >= 0.3 is 11.9 Å². The van der Waals surface area contributed by atoms with Crippen LogP contribution in [0.15, 0.2) is 85.1 Å². The molecule has 0 bridgehead atoms. The number of ether oxygens (including phenoxy) is 4. The number of hydrogen-bond donors (Lipinski definition) is 4. The molecule has 0 aliphatic carbocycles. The van der Waals surface area contributed by atoms with Crippen molar-refractivity contribution in [2.75, 3.05) is 19.0 Å². The van der Waals surface area contributed by atoms with Crippen molar-refractivity contribution in [2.45, 2.75) is 218 Å². The smallest absolute Gasteiger partial charge is 0.306 e. The van der Waals surface area contributed by atoms with Gasteiger partial charge in [-0.1, -0.05) is 170 Å². The minimum atomic E-state index is -4.61. The molecular weight excluding hydrogens is 861 g/mol. The third-order valence-corrected chi connectivity index (χ3v) is 11.7. The lowest BCUT2D eigenvalue weighted by Gasteiger charge is -2.40. The summed E-state index contributed by atoms with van der Waals surface area (Å²) in [5.41, 5.74) is 0. The normalized spacial score (nSPS) is 20.1. The van der Waals surface area contributed by atoms with Gasteiger partial charge in [-0.2, -0.15) is 8.42 Å². The zero-order valence-electron chi connectivity index (χ0n) is 40.5. The lowest BCUT2D eigenvalue weighted by Crippen LogP contribution is -2.60. The number of hydrogen-bond acceptors (Lipinski definition) is 11. The maximum Gasteiger partial charge on any atom is 0.306 e. The van der Waals surface area contributed by atoms with E-state index in [0.717, 1.165) is 116 Å². The molecule has 1 heterocycles. The number of esters is 2. The highest BCUT2D eigenvalue weighted by Gasteiger charge is 2.46. The molecule has 1 fully saturated rings. The molecule has 6 unspecified atom stereocenters. The molecule has 1 rings (SSSR count). The van der Waals surface area contributed by atoms with Crippen LogP contribution in [0.2, 0.25) is 0 Å². The largest absolute Gasteiger partial charge is 0.462 e. The molecule has 1 aliphatic rings. The van der Waals surface area contributed by atoms with E-state index in [2.05, 4.69) is 98.9 Å². The second-order valence-electron chi connectivity index (χ2n) is 17.1. The Hall–Kier alpha value is -3.17. The predicted octanol–water partition coefficient (Wildman–Crippen LogP) is 11.2. The molecule has 0 amide bonds. The molecule has 13 heteroatoms. The average Bonchev–Trinajstić information content (AvgIpc) is 3.28.